The van der Waals surface area contributed by atoms with Crippen molar-refractivity contribution in [2.45, 2.75) is 6.42 Å². The molecule has 0 aromatic heterocycles. The van der Waals surface area contributed by atoms with E-state index in [1.54, 1.807) is 6.08 Å². The van der Waals surface area contributed by atoms with Gasteiger partial charge in [-0.1, -0.05) is 29.8 Å². The van der Waals surface area contributed by atoms with Crippen molar-refractivity contribution in [2.75, 3.05) is 7.11 Å². The second kappa shape index (κ2) is 5.93. The maximum Gasteiger partial charge on any atom is 0.309 e. The summed E-state index contributed by atoms with van der Waals surface area (Å²) >= 11 is 9.21. The molecule has 2 nitrogen and oxygen atoms in total. The molecule has 0 unspecified atom stereocenters. The van der Waals surface area contributed by atoms with E-state index in [4.69, 9.17) is 11.6 Å². The minimum absolute atomic E-state index is 0.255. The van der Waals surface area contributed by atoms with Crippen LogP contribution >= 0.6 is 27.5 Å². The summed E-state index contributed by atoms with van der Waals surface area (Å²) in [5.41, 5.74) is 0.951. The van der Waals surface area contributed by atoms with Gasteiger partial charge >= 0.3 is 5.97 Å². The van der Waals surface area contributed by atoms with E-state index in [2.05, 4.69) is 20.7 Å². The number of benzene rings is 1. The van der Waals surface area contributed by atoms with Gasteiger partial charge in [0.25, 0.3) is 0 Å². The highest BCUT2D eigenvalue weighted by atomic mass is 79.9. The number of esters is 1. The highest BCUT2D eigenvalue weighted by Gasteiger charge is 1.97. The molecule has 0 bridgehead atoms. The van der Waals surface area contributed by atoms with E-state index >= 15 is 0 Å². The Balaban J connectivity index is 2.65. The lowest BCUT2D eigenvalue weighted by Crippen LogP contribution is -1.96. The van der Waals surface area contributed by atoms with Crippen LogP contribution in [0.15, 0.2) is 28.7 Å². The van der Waals surface area contributed by atoms with Crippen molar-refractivity contribution >= 4 is 39.6 Å². The van der Waals surface area contributed by atoms with Crippen molar-refractivity contribution in [1.82, 2.24) is 0 Å². The van der Waals surface area contributed by atoms with Crippen LogP contribution in [0.4, 0.5) is 0 Å². The Morgan fingerprint density at radius 3 is 2.93 bits per heavy atom. The van der Waals surface area contributed by atoms with Crippen LogP contribution in [0.2, 0.25) is 5.02 Å². The van der Waals surface area contributed by atoms with Crippen molar-refractivity contribution in [3.63, 3.8) is 0 Å². The third-order valence-corrected chi connectivity index (χ3v) is 3.00. The molecule has 0 saturated carbocycles. The van der Waals surface area contributed by atoms with Gasteiger partial charge in [0.1, 0.15) is 0 Å². The molecule has 0 spiro atoms. The first-order chi connectivity index (χ1) is 7.13. The monoisotopic (exact) mass is 288 g/mol. The van der Waals surface area contributed by atoms with Crippen LogP contribution in [0.25, 0.3) is 6.08 Å². The number of hydrogen-bond donors (Lipinski definition) is 0. The number of ether oxygens (including phenoxy) is 1. The normalized spacial score (nSPS) is 10.6. The van der Waals surface area contributed by atoms with Crippen LogP contribution in [0, 0.1) is 0 Å². The van der Waals surface area contributed by atoms with E-state index in [9.17, 15) is 4.79 Å². The average molecular weight is 290 g/mol. The van der Waals surface area contributed by atoms with E-state index in [0.717, 1.165) is 10.0 Å². The second-order valence-corrected chi connectivity index (χ2v) is 4.12. The molecule has 1 aromatic carbocycles. The zero-order chi connectivity index (χ0) is 11.3. The Kier molecular flexibility index (Phi) is 4.85. The zero-order valence-corrected chi connectivity index (χ0v) is 10.5. The van der Waals surface area contributed by atoms with E-state index in [0.29, 0.717) is 5.02 Å². The minimum Gasteiger partial charge on any atom is -0.469 e. The smallest absolute Gasteiger partial charge is 0.309 e. The molecule has 0 N–H and O–H groups in total. The van der Waals surface area contributed by atoms with Gasteiger partial charge in [0, 0.05) is 4.47 Å². The van der Waals surface area contributed by atoms with Gasteiger partial charge in [0.15, 0.2) is 0 Å². The van der Waals surface area contributed by atoms with E-state index in [-0.39, 0.29) is 12.4 Å². The van der Waals surface area contributed by atoms with Crippen LogP contribution in [0.1, 0.15) is 12.0 Å². The topological polar surface area (TPSA) is 26.3 Å². The highest BCUT2D eigenvalue weighted by molar-refractivity contribution is 9.10. The molecule has 4 heteroatoms. The van der Waals surface area contributed by atoms with Gasteiger partial charge in [0.2, 0.25) is 0 Å². The molecule has 0 radical (unpaired) electrons. The van der Waals surface area contributed by atoms with E-state index < -0.39 is 0 Å². The molecule has 0 heterocycles. The van der Waals surface area contributed by atoms with Crippen LogP contribution in [0.3, 0.4) is 0 Å². The summed E-state index contributed by atoms with van der Waals surface area (Å²) in [6.07, 6.45) is 3.84. The lowest BCUT2D eigenvalue weighted by molar-refractivity contribution is -0.139. The molecule has 80 valence electrons. The summed E-state index contributed by atoms with van der Waals surface area (Å²) in [6.45, 7) is 0. The van der Waals surface area contributed by atoms with Crippen LogP contribution in [0.5, 0.6) is 0 Å². The maximum absolute atomic E-state index is 10.8. The molecule has 0 aliphatic heterocycles. The third kappa shape index (κ3) is 4.06. The fraction of sp³-hybridized carbons (Fsp3) is 0.182. The second-order valence-electron chi connectivity index (χ2n) is 2.86. The largest absolute Gasteiger partial charge is 0.469 e. The van der Waals surface area contributed by atoms with Crippen molar-refractivity contribution in [2.24, 2.45) is 0 Å². The fourth-order valence-corrected chi connectivity index (χ4v) is 1.43. The molecular formula is C11H10BrClO2. The molecule has 15 heavy (non-hydrogen) atoms. The number of halogens is 2. The lowest BCUT2D eigenvalue weighted by Gasteiger charge is -1.97. The summed E-state index contributed by atoms with van der Waals surface area (Å²) in [6, 6.07) is 5.59. The maximum atomic E-state index is 10.8. The Labute approximate surface area is 102 Å². The van der Waals surface area contributed by atoms with Gasteiger partial charge in [-0.25, -0.2) is 0 Å². The first kappa shape index (κ1) is 12.3. The Morgan fingerprint density at radius 2 is 2.33 bits per heavy atom. The number of carbonyl (C=O) groups is 1. The van der Waals surface area contributed by atoms with Gasteiger partial charge in [-0.05, 0) is 33.6 Å². The molecule has 0 atom stereocenters. The Morgan fingerprint density at radius 1 is 1.60 bits per heavy atom. The van der Waals surface area contributed by atoms with Crippen molar-refractivity contribution in [1.29, 1.82) is 0 Å². The van der Waals surface area contributed by atoms with E-state index in [1.165, 1.54) is 7.11 Å². The average Bonchev–Trinajstić information content (AvgIpc) is 2.23. The zero-order valence-electron chi connectivity index (χ0n) is 8.17. The van der Waals surface area contributed by atoms with E-state index in [1.807, 2.05) is 24.3 Å². The molecule has 1 rings (SSSR count). The summed E-state index contributed by atoms with van der Waals surface area (Å²) in [7, 11) is 1.37. The standard InChI is InChI=1S/C11H10BrClO2/c1-15-11(14)4-2-3-8-5-6-9(12)10(13)7-8/h2-3,5-7H,4H2,1H3. The fourth-order valence-electron chi connectivity index (χ4n) is 0.991. The minimum atomic E-state index is -0.255. The predicted molar refractivity (Wildman–Crippen MR) is 64.8 cm³/mol. The quantitative estimate of drug-likeness (QED) is 0.794. The summed E-state index contributed by atoms with van der Waals surface area (Å²) in [5, 5.41) is 0.648. The van der Waals surface area contributed by atoms with Crippen LogP contribution in [-0.2, 0) is 9.53 Å². The van der Waals surface area contributed by atoms with Gasteiger partial charge in [-0.2, -0.15) is 0 Å². The number of carbonyl (C=O) groups excluding carboxylic acids is 1. The summed E-state index contributed by atoms with van der Waals surface area (Å²) in [5.74, 6) is -0.255. The first-order valence-corrected chi connectivity index (χ1v) is 5.49. The molecule has 0 fully saturated rings. The highest BCUT2D eigenvalue weighted by Crippen LogP contribution is 2.23. The Hall–Kier alpha value is -0.800. The molecule has 1 aromatic rings. The summed E-state index contributed by atoms with van der Waals surface area (Å²) in [4.78, 5) is 10.8. The van der Waals surface area contributed by atoms with Crippen molar-refractivity contribution in [3.05, 3.63) is 39.3 Å². The predicted octanol–water partition coefficient (Wildman–Crippen LogP) is 3.68. The molecule has 0 aliphatic rings. The van der Waals surface area contributed by atoms with Gasteiger partial charge in [-0.3, -0.25) is 4.79 Å². The van der Waals surface area contributed by atoms with Gasteiger partial charge in [-0.15, -0.1) is 0 Å². The van der Waals surface area contributed by atoms with Crippen LogP contribution in [-0.4, -0.2) is 13.1 Å². The first-order valence-electron chi connectivity index (χ1n) is 4.32. The van der Waals surface area contributed by atoms with Gasteiger partial charge in [0.05, 0.1) is 18.6 Å². The number of rotatable bonds is 3. The number of methoxy groups -OCH3 is 1. The van der Waals surface area contributed by atoms with Crippen molar-refractivity contribution in [3.8, 4) is 0 Å². The SMILES string of the molecule is COC(=O)CC=Cc1ccc(Br)c(Cl)c1. The molecule has 0 saturated heterocycles. The third-order valence-electron chi connectivity index (χ3n) is 1.77. The van der Waals surface area contributed by atoms with Crippen molar-refractivity contribution < 1.29 is 9.53 Å². The molecule has 0 aliphatic carbocycles. The Bertz CT molecular complexity index is 388. The number of hydrogen-bond acceptors (Lipinski definition) is 2. The molecular weight excluding hydrogens is 279 g/mol. The molecule has 0 amide bonds. The lowest BCUT2D eigenvalue weighted by atomic mass is 10.2. The summed E-state index contributed by atoms with van der Waals surface area (Å²) < 4.78 is 5.36. The van der Waals surface area contributed by atoms with Crippen LogP contribution < -0.4 is 0 Å². The van der Waals surface area contributed by atoms with Gasteiger partial charge < -0.3 is 4.74 Å².